The van der Waals surface area contributed by atoms with Crippen molar-refractivity contribution in [3.05, 3.63) is 28.8 Å². The monoisotopic (exact) mass is 210 g/mol. The van der Waals surface area contributed by atoms with Crippen molar-refractivity contribution in [2.45, 2.75) is 26.9 Å². The average Bonchev–Trinajstić information content (AvgIpc) is 2.23. The Morgan fingerprint density at radius 2 is 1.87 bits per heavy atom. The van der Waals surface area contributed by atoms with Gasteiger partial charge in [-0.1, -0.05) is 12.1 Å². The van der Waals surface area contributed by atoms with Gasteiger partial charge in [-0.05, 0) is 37.5 Å². The molecule has 0 fully saturated rings. The predicted molar refractivity (Wildman–Crippen MR) is 59.9 cm³/mol. The van der Waals surface area contributed by atoms with Crippen LogP contribution in [0.5, 0.6) is 5.75 Å². The molecular formula is C12H20NO2+. The number of aryl methyl sites for hydroxylation is 2. The Kier molecular flexibility index (Phi) is 4.12. The van der Waals surface area contributed by atoms with Crippen molar-refractivity contribution < 1.29 is 15.6 Å². The van der Waals surface area contributed by atoms with Crippen molar-refractivity contribution in [1.29, 1.82) is 0 Å². The summed E-state index contributed by atoms with van der Waals surface area (Å²) >= 11 is 0. The first kappa shape index (κ1) is 12.0. The second-order valence-electron chi connectivity index (χ2n) is 3.91. The molecule has 0 radical (unpaired) electrons. The molecule has 1 atom stereocenters. The fourth-order valence-corrected chi connectivity index (χ4v) is 1.41. The van der Waals surface area contributed by atoms with Crippen LogP contribution in [0.4, 0.5) is 0 Å². The molecule has 1 aromatic carbocycles. The summed E-state index contributed by atoms with van der Waals surface area (Å²) in [6, 6.07) is 4.11. The van der Waals surface area contributed by atoms with Gasteiger partial charge in [0.1, 0.15) is 25.0 Å². The molecule has 3 heteroatoms. The van der Waals surface area contributed by atoms with Crippen molar-refractivity contribution in [3.63, 3.8) is 0 Å². The molecule has 3 nitrogen and oxygen atoms in total. The van der Waals surface area contributed by atoms with Crippen molar-refractivity contribution in [3.8, 4) is 5.75 Å². The lowest BCUT2D eigenvalue weighted by atomic mass is 10.1. The smallest absolute Gasteiger partial charge is 0.136 e. The molecule has 0 unspecified atom stereocenters. The minimum absolute atomic E-state index is 0.314. The molecule has 84 valence electrons. The first-order valence-corrected chi connectivity index (χ1v) is 5.23. The number of quaternary nitrogens is 1. The Bertz CT molecular complexity index is 337. The van der Waals surface area contributed by atoms with Crippen LogP contribution < -0.4 is 10.5 Å². The highest BCUT2D eigenvalue weighted by atomic mass is 16.5. The third-order valence-corrected chi connectivity index (χ3v) is 2.63. The molecule has 15 heavy (non-hydrogen) atoms. The molecule has 0 aliphatic rings. The molecule has 1 rings (SSSR count). The van der Waals surface area contributed by atoms with Crippen molar-refractivity contribution in [2.24, 2.45) is 0 Å². The van der Waals surface area contributed by atoms with Gasteiger partial charge in [-0.2, -0.15) is 0 Å². The summed E-state index contributed by atoms with van der Waals surface area (Å²) < 4.78 is 5.61. The summed E-state index contributed by atoms with van der Waals surface area (Å²) in [5.41, 5.74) is 7.09. The van der Waals surface area contributed by atoms with E-state index in [4.69, 9.17) is 4.74 Å². The summed E-state index contributed by atoms with van der Waals surface area (Å²) in [5, 5.41) is 9.38. The molecule has 0 amide bonds. The Morgan fingerprint density at radius 3 is 2.47 bits per heavy atom. The number of aliphatic hydroxyl groups excluding tert-OH is 1. The lowest BCUT2D eigenvalue weighted by Gasteiger charge is -2.15. The Balaban J connectivity index is 2.80. The highest BCUT2D eigenvalue weighted by molar-refractivity contribution is 5.44. The molecule has 1 aromatic rings. The summed E-state index contributed by atoms with van der Waals surface area (Å²) in [5.74, 6) is 0.891. The van der Waals surface area contributed by atoms with E-state index in [2.05, 4.69) is 18.7 Å². The van der Waals surface area contributed by atoms with E-state index >= 15 is 0 Å². The first-order chi connectivity index (χ1) is 7.06. The number of ether oxygens (including phenoxy) is 1. The minimum atomic E-state index is -0.482. The highest BCUT2D eigenvalue weighted by Gasteiger charge is 2.09. The maximum absolute atomic E-state index is 9.38. The second kappa shape index (κ2) is 5.14. The van der Waals surface area contributed by atoms with Crippen LogP contribution in [0.15, 0.2) is 12.1 Å². The third-order valence-electron chi connectivity index (χ3n) is 2.63. The zero-order valence-electron chi connectivity index (χ0n) is 9.71. The van der Waals surface area contributed by atoms with Gasteiger partial charge in [-0.15, -0.1) is 0 Å². The fourth-order valence-electron chi connectivity index (χ4n) is 1.41. The van der Waals surface area contributed by atoms with Crippen molar-refractivity contribution in [2.75, 3.05) is 13.2 Å². The Hall–Kier alpha value is -1.06. The molecule has 0 saturated heterocycles. The number of aliphatic hydroxyl groups is 1. The number of benzene rings is 1. The lowest BCUT2D eigenvalue weighted by Crippen LogP contribution is -2.56. The van der Waals surface area contributed by atoms with Gasteiger partial charge in [0.15, 0.2) is 0 Å². The van der Waals surface area contributed by atoms with Crippen LogP contribution in [-0.2, 0) is 0 Å². The van der Waals surface area contributed by atoms with Crippen LogP contribution in [0.1, 0.15) is 16.7 Å². The minimum Gasteiger partial charge on any atom is -0.490 e. The molecule has 0 heterocycles. The van der Waals surface area contributed by atoms with Crippen LogP contribution in [0, 0.1) is 20.8 Å². The van der Waals surface area contributed by atoms with Crippen LogP contribution in [0.3, 0.4) is 0 Å². The van der Waals surface area contributed by atoms with Gasteiger partial charge in [-0.25, -0.2) is 0 Å². The highest BCUT2D eigenvalue weighted by Crippen LogP contribution is 2.25. The molecule has 0 spiro atoms. The molecule has 0 saturated carbocycles. The van der Waals surface area contributed by atoms with E-state index in [1.807, 2.05) is 19.9 Å². The van der Waals surface area contributed by atoms with Gasteiger partial charge in [0.25, 0.3) is 0 Å². The Labute approximate surface area is 90.9 Å². The summed E-state index contributed by atoms with van der Waals surface area (Å²) in [7, 11) is 0. The molecule has 0 aliphatic heterocycles. The quantitative estimate of drug-likeness (QED) is 0.764. The standard InChI is InChI=1S/C12H19NO2/c1-8-4-5-9(2)12(10(8)3)15-7-11(14)6-13/h4-5,11,14H,6-7,13H2,1-3H3/p+1/t11-/m0/s1. The van der Waals surface area contributed by atoms with Gasteiger partial charge in [0.05, 0.1) is 0 Å². The number of hydrogen-bond donors (Lipinski definition) is 2. The molecule has 0 aliphatic carbocycles. The van der Waals surface area contributed by atoms with Gasteiger partial charge in [0, 0.05) is 0 Å². The topological polar surface area (TPSA) is 57.1 Å². The molecule has 0 bridgehead atoms. The fraction of sp³-hybridized carbons (Fsp3) is 0.500. The van der Waals surface area contributed by atoms with Crippen LogP contribution in [0.25, 0.3) is 0 Å². The predicted octanol–water partition coefficient (Wildman–Crippen LogP) is 0.593. The van der Waals surface area contributed by atoms with E-state index in [-0.39, 0.29) is 0 Å². The van der Waals surface area contributed by atoms with Gasteiger partial charge >= 0.3 is 0 Å². The van der Waals surface area contributed by atoms with Crippen LogP contribution in [-0.4, -0.2) is 24.4 Å². The first-order valence-electron chi connectivity index (χ1n) is 5.23. The largest absolute Gasteiger partial charge is 0.490 e. The molecular weight excluding hydrogens is 190 g/mol. The van der Waals surface area contributed by atoms with Crippen LogP contribution in [0.2, 0.25) is 0 Å². The zero-order chi connectivity index (χ0) is 11.4. The molecule has 4 N–H and O–H groups in total. The second-order valence-corrected chi connectivity index (χ2v) is 3.91. The van der Waals surface area contributed by atoms with E-state index < -0.39 is 6.10 Å². The van der Waals surface area contributed by atoms with Crippen molar-refractivity contribution >= 4 is 0 Å². The molecule has 0 aromatic heterocycles. The summed E-state index contributed by atoms with van der Waals surface area (Å²) in [6.07, 6.45) is -0.482. The van der Waals surface area contributed by atoms with Crippen LogP contribution >= 0.6 is 0 Å². The normalized spacial score (nSPS) is 12.6. The lowest BCUT2D eigenvalue weighted by molar-refractivity contribution is -0.384. The van der Waals surface area contributed by atoms with Crippen molar-refractivity contribution in [1.82, 2.24) is 0 Å². The van der Waals surface area contributed by atoms with E-state index in [1.54, 1.807) is 0 Å². The SMILES string of the molecule is Cc1ccc(C)c(OC[C@@H](O)C[NH3+])c1C. The summed E-state index contributed by atoms with van der Waals surface area (Å²) in [4.78, 5) is 0. The van der Waals surface area contributed by atoms with E-state index in [1.165, 1.54) is 5.56 Å². The third kappa shape index (κ3) is 2.94. The maximum Gasteiger partial charge on any atom is 0.136 e. The van der Waals surface area contributed by atoms with E-state index in [9.17, 15) is 5.11 Å². The zero-order valence-corrected chi connectivity index (χ0v) is 9.71. The number of hydrogen-bond acceptors (Lipinski definition) is 2. The number of rotatable bonds is 4. The van der Waals surface area contributed by atoms with E-state index in [0.29, 0.717) is 13.2 Å². The van der Waals surface area contributed by atoms with Gasteiger partial charge < -0.3 is 15.6 Å². The van der Waals surface area contributed by atoms with E-state index in [0.717, 1.165) is 16.9 Å². The maximum atomic E-state index is 9.38. The average molecular weight is 210 g/mol. The Morgan fingerprint density at radius 1 is 1.27 bits per heavy atom. The van der Waals surface area contributed by atoms with Gasteiger partial charge in [0.2, 0.25) is 0 Å². The van der Waals surface area contributed by atoms with Gasteiger partial charge in [-0.3, -0.25) is 0 Å². The summed E-state index contributed by atoms with van der Waals surface area (Å²) in [6.45, 7) is 6.89.